The summed E-state index contributed by atoms with van der Waals surface area (Å²) in [6.07, 6.45) is 5.84. The van der Waals surface area contributed by atoms with Crippen LogP contribution in [0.4, 0.5) is 0 Å². The molecule has 4 rings (SSSR count). The summed E-state index contributed by atoms with van der Waals surface area (Å²) in [5.74, 6) is -1.11. The van der Waals surface area contributed by atoms with E-state index in [9.17, 15) is 19.3 Å². The van der Waals surface area contributed by atoms with Gasteiger partial charge in [-0.3, -0.25) is 14.2 Å². The molecule has 8 atom stereocenters. The van der Waals surface area contributed by atoms with Crippen molar-refractivity contribution in [3.8, 4) is 0 Å². The van der Waals surface area contributed by atoms with Gasteiger partial charge in [-0.2, -0.15) is 0 Å². The zero-order chi connectivity index (χ0) is 27.4. The average Bonchev–Trinajstić information content (AvgIpc) is 3.05. The second kappa shape index (κ2) is 10.1. The van der Waals surface area contributed by atoms with Crippen LogP contribution in [0.15, 0.2) is 23.8 Å². The number of ketones is 2. The summed E-state index contributed by atoms with van der Waals surface area (Å²) < 4.78 is 30.7. The summed E-state index contributed by atoms with van der Waals surface area (Å²) >= 11 is 13.7. The molecular formula is C27H39Cl2O7P. The highest BCUT2D eigenvalue weighted by Gasteiger charge is 2.75. The van der Waals surface area contributed by atoms with Crippen LogP contribution >= 0.6 is 30.8 Å². The molecule has 0 aliphatic heterocycles. The van der Waals surface area contributed by atoms with Gasteiger partial charge in [0.25, 0.3) is 0 Å². The van der Waals surface area contributed by atoms with Crippen molar-refractivity contribution in [3.05, 3.63) is 23.8 Å². The van der Waals surface area contributed by atoms with Gasteiger partial charge >= 0.3 is 7.60 Å². The summed E-state index contributed by atoms with van der Waals surface area (Å²) in [6.45, 7) is 9.71. The van der Waals surface area contributed by atoms with Gasteiger partial charge in [-0.25, -0.2) is 0 Å². The van der Waals surface area contributed by atoms with E-state index < -0.39 is 35.0 Å². The molecule has 0 spiro atoms. The quantitative estimate of drug-likeness (QED) is 0.215. The topological polar surface area (TPSA) is 99.1 Å². The predicted octanol–water partition coefficient (Wildman–Crippen LogP) is 5.66. The lowest BCUT2D eigenvalue weighted by Crippen LogP contribution is -2.69. The molecule has 0 aromatic carbocycles. The Morgan fingerprint density at radius 1 is 1.22 bits per heavy atom. The molecule has 0 aromatic heterocycles. The Morgan fingerprint density at radius 3 is 2.46 bits per heavy atom. The number of aliphatic hydroxyl groups is 1. The number of rotatable bonds is 9. The molecule has 208 valence electrons. The highest BCUT2D eigenvalue weighted by atomic mass is 35.5. The van der Waals surface area contributed by atoms with E-state index in [1.807, 2.05) is 26.8 Å². The molecule has 7 nitrogen and oxygen atoms in total. The van der Waals surface area contributed by atoms with E-state index in [-0.39, 0.29) is 61.2 Å². The minimum Gasteiger partial charge on any atom is -0.391 e. The first-order valence-corrected chi connectivity index (χ1v) is 15.8. The van der Waals surface area contributed by atoms with E-state index in [1.165, 1.54) is 0 Å². The summed E-state index contributed by atoms with van der Waals surface area (Å²) in [5, 5.41) is 11.8. The summed E-state index contributed by atoms with van der Waals surface area (Å²) in [7, 11) is -3.62. The Bertz CT molecular complexity index is 1050. The zero-order valence-electron chi connectivity index (χ0n) is 22.3. The summed E-state index contributed by atoms with van der Waals surface area (Å²) in [4.78, 5) is 24.8. The molecule has 4 aliphatic rings. The minimum absolute atomic E-state index is 0.0280. The molecule has 2 saturated carbocycles. The second-order valence-corrected chi connectivity index (χ2v) is 14.3. The van der Waals surface area contributed by atoms with Crippen LogP contribution in [0.2, 0.25) is 0 Å². The second-order valence-electron chi connectivity index (χ2n) is 11.4. The fraction of sp³-hybridized carbons (Fsp3) is 0.778. The Morgan fingerprint density at radius 2 is 1.86 bits per heavy atom. The SMILES string of the molecule is CCOP(=O)(CO[C@]1(C(=O)CCl)[C@H](C)C[C@H]2[C@@H]3CC=C4CC(=O)C=C[C@]4(C)[C@@]3(Cl)[C@@H](O)C[C@@]21C)OCC. The van der Waals surface area contributed by atoms with Gasteiger partial charge in [0.1, 0.15) is 11.9 Å². The number of carbonyl (C=O) groups is 2. The molecular weight excluding hydrogens is 538 g/mol. The lowest BCUT2D eigenvalue weighted by Gasteiger charge is -2.63. The number of hydrogen-bond acceptors (Lipinski definition) is 7. The van der Waals surface area contributed by atoms with E-state index in [2.05, 4.69) is 6.08 Å². The van der Waals surface area contributed by atoms with Crippen molar-refractivity contribution in [2.45, 2.75) is 76.9 Å². The lowest BCUT2D eigenvalue weighted by molar-refractivity contribution is -0.186. The number of Topliss-reactive ketones (excluding diaryl/α,β-unsaturated/α-hetero) is 1. The molecule has 0 bridgehead atoms. The molecule has 0 heterocycles. The highest BCUT2D eigenvalue weighted by molar-refractivity contribution is 7.53. The van der Waals surface area contributed by atoms with Crippen molar-refractivity contribution < 1.29 is 33.0 Å². The van der Waals surface area contributed by atoms with Crippen molar-refractivity contribution in [1.29, 1.82) is 0 Å². The van der Waals surface area contributed by atoms with E-state index in [1.54, 1.807) is 19.9 Å². The van der Waals surface area contributed by atoms with Crippen molar-refractivity contribution in [2.24, 2.45) is 28.6 Å². The molecule has 0 unspecified atom stereocenters. The summed E-state index contributed by atoms with van der Waals surface area (Å²) in [5.41, 5.74) is -1.99. The largest absolute Gasteiger partial charge is 0.391 e. The van der Waals surface area contributed by atoms with Crippen molar-refractivity contribution in [1.82, 2.24) is 0 Å². The van der Waals surface area contributed by atoms with Gasteiger partial charge in [0.15, 0.2) is 11.6 Å². The molecule has 37 heavy (non-hydrogen) atoms. The van der Waals surface area contributed by atoms with Crippen LogP contribution in [0, 0.1) is 28.6 Å². The third-order valence-corrected chi connectivity index (χ3v) is 12.7. The van der Waals surface area contributed by atoms with Crippen LogP contribution in [-0.2, 0) is 27.9 Å². The van der Waals surface area contributed by atoms with Gasteiger partial charge in [-0.1, -0.05) is 38.5 Å². The first-order chi connectivity index (χ1) is 17.3. The van der Waals surface area contributed by atoms with Crippen LogP contribution < -0.4 is 0 Å². The van der Waals surface area contributed by atoms with Gasteiger partial charge in [-0.05, 0) is 56.9 Å². The third-order valence-electron chi connectivity index (χ3n) is 9.78. The Balaban J connectivity index is 1.79. The molecule has 4 aliphatic carbocycles. The van der Waals surface area contributed by atoms with Crippen molar-refractivity contribution in [3.63, 3.8) is 0 Å². The first-order valence-electron chi connectivity index (χ1n) is 13.2. The molecule has 0 aromatic rings. The van der Waals surface area contributed by atoms with Crippen LogP contribution in [0.25, 0.3) is 0 Å². The van der Waals surface area contributed by atoms with Crippen molar-refractivity contribution in [2.75, 3.05) is 25.4 Å². The van der Waals surface area contributed by atoms with E-state index in [0.29, 0.717) is 19.3 Å². The number of hydrogen-bond donors (Lipinski definition) is 1. The molecule has 0 saturated heterocycles. The van der Waals surface area contributed by atoms with E-state index >= 15 is 0 Å². The van der Waals surface area contributed by atoms with Crippen LogP contribution in [0.3, 0.4) is 0 Å². The van der Waals surface area contributed by atoms with Gasteiger partial charge in [0, 0.05) is 17.3 Å². The maximum Gasteiger partial charge on any atom is 0.356 e. The maximum atomic E-state index is 13.7. The zero-order valence-corrected chi connectivity index (χ0v) is 24.7. The number of carbonyl (C=O) groups excluding carboxylic acids is 2. The number of fused-ring (bicyclic) bond motifs is 5. The Hall–Kier alpha value is -0.530. The molecule has 0 radical (unpaired) electrons. The number of aliphatic hydroxyl groups excluding tert-OH is 1. The Labute approximate surface area is 229 Å². The first kappa shape index (κ1) is 29.5. The molecule has 2 fully saturated rings. The van der Waals surface area contributed by atoms with Gasteiger partial charge in [0.2, 0.25) is 0 Å². The summed E-state index contributed by atoms with van der Waals surface area (Å²) in [6, 6.07) is 0. The molecule has 0 amide bonds. The number of halogens is 2. The van der Waals surface area contributed by atoms with E-state index in [0.717, 1.165) is 5.57 Å². The monoisotopic (exact) mass is 576 g/mol. The predicted molar refractivity (Wildman–Crippen MR) is 143 cm³/mol. The minimum atomic E-state index is -3.62. The lowest BCUT2D eigenvalue weighted by atomic mass is 9.46. The van der Waals surface area contributed by atoms with Gasteiger partial charge < -0.3 is 18.9 Å². The van der Waals surface area contributed by atoms with Gasteiger partial charge in [-0.15, -0.1) is 23.2 Å². The number of ether oxygens (including phenoxy) is 1. The normalized spacial score (nSPS) is 43.1. The maximum absolute atomic E-state index is 13.7. The Kier molecular flexibility index (Phi) is 8.07. The number of alkyl halides is 2. The molecule has 1 N–H and O–H groups in total. The number of allylic oxidation sites excluding steroid dienone is 4. The fourth-order valence-corrected chi connectivity index (χ4v) is 10.3. The average molecular weight is 577 g/mol. The van der Waals surface area contributed by atoms with Crippen LogP contribution in [0.1, 0.15) is 60.3 Å². The fourth-order valence-electron chi connectivity index (χ4n) is 8.20. The van der Waals surface area contributed by atoms with Crippen LogP contribution in [-0.4, -0.2) is 58.7 Å². The van der Waals surface area contributed by atoms with E-state index in [4.69, 9.17) is 37.0 Å². The highest BCUT2D eigenvalue weighted by Crippen LogP contribution is 2.72. The standard InChI is InChI=1S/C27H39Cl2O7P/c1-6-35-37(33,36-7-2)16-34-27(23(32)15-28)17(3)12-21-20-9-8-18-13-19(30)10-11-24(18,4)26(20,29)22(31)14-25(21,27)5/h8,10-11,17,20-22,31H,6-7,9,12-16H2,1-5H3/t17-,20+,21+,22+,24+,25+,26+,27+/m1/s1. The molecule has 10 heteroatoms. The smallest absolute Gasteiger partial charge is 0.356 e. The van der Waals surface area contributed by atoms with Crippen LogP contribution in [0.5, 0.6) is 0 Å². The third kappa shape index (κ3) is 4.10. The van der Waals surface area contributed by atoms with Gasteiger partial charge in [0.05, 0.1) is 30.1 Å². The van der Waals surface area contributed by atoms with Crippen molar-refractivity contribution >= 4 is 42.4 Å².